The zero-order valence-corrected chi connectivity index (χ0v) is 11.0. The molecule has 0 aliphatic heterocycles. The fourth-order valence-corrected chi connectivity index (χ4v) is 1.68. The molecule has 98 valence electrons. The molecule has 0 unspecified atom stereocenters. The number of carbonyl (C=O) groups is 1. The number of hydrogen-bond acceptors (Lipinski definition) is 3. The fraction of sp³-hybridized carbons (Fsp3) is 0.133. The van der Waals surface area contributed by atoms with Crippen molar-refractivity contribution in [2.75, 3.05) is 6.61 Å². The lowest BCUT2D eigenvalue weighted by Gasteiger charge is -2.07. The molecular formula is C15H13ClO3. The van der Waals surface area contributed by atoms with Gasteiger partial charge in [-0.1, -0.05) is 17.7 Å². The van der Waals surface area contributed by atoms with Gasteiger partial charge >= 0.3 is 0 Å². The van der Waals surface area contributed by atoms with Crippen LogP contribution in [0.2, 0.25) is 5.02 Å². The molecule has 0 amide bonds. The van der Waals surface area contributed by atoms with Gasteiger partial charge in [0.05, 0.1) is 6.61 Å². The summed E-state index contributed by atoms with van der Waals surface area (Å²) in [4.78, 5) is 10.2. The lowest BCUT2D eigenvalue weighted by atomic mass is 10.3. The first kappa shape index (κ1) is 13.4. The molecule has 0 saturated heterocycles. The van der Waals surface area contributed by atoms with Crippen LogP contribution in [-0.4, -0.2) is 12.9 Å². The van der Waals surface area contributed by atoms with E-state index in [0.717, 1.165) is 6.29 Å². The topological polar surface area (TPSA) is 35.5 Å². The summed E-state index contributed by atoms with van der Waals surface area (Å²) in [6, 6.07) is 14.4. The highest BCUT2D eigenvalue weighted by Gasteiger charge is 1.99. The van der Waals surface area contributed by atoms with Gasteiger partial charge in [-0.3, -0.25) is 0 Å². The van der Waals surface area contributed by atoms with E-state index in [4.69, 9.17) is 21.1 Å². The molecule has 0 aromatic heterocycles. The van der Waals surface area contributed by atoms with Crippen molar-refractivity contribution in [2.24, 2.45) is 0 Å². The van der Waals surface area contributed by atoms with E-state index in [0.29, 0.717) is 35.3 Å². The highest BCUT2D eigenvalue weighted by molar-refractivity contribution is 6.30. The Bertz CT molecular complexity index is 537. The van der Waals surface area contributed by atoms with Crippen molar-refractivity contribution in [2.45, 2.75) is 6.42 Å². The van der Waals surface area contributed by atoms with Crippen molar-refractivity contribution < 1.29 is 14.3 Å². The Balaban J connectivity index is 1.96. The summed E-state index contributed by atoms with van der Waals surface area (Å²) in [6.45, 7) is 0.387. The summed E-state index contributed by atoms with van der Waals surface area (Å²) in [7, 11) is 0. The third-order valence-corrected chi connectivity index (χ3v) is 2.60. The van der Waals surface area contributed by atoms with Crippen molar-refractivity contribution in [1.82, 2.24) is 0 Å². The van der Waals surface area contributed by atoms with Crippen molar-refractivity contribution in [3.63, 3.8) is 0 Å². The third kappa shape index (κ3) is 4.30. The number of ether oxygens (including phenoxy) is 2. The summed E-state index contributed by atoms with van der Waals surface area (Å²) < 4.78 is 11.0. The summed E-state index contributed by atoms with van der Waals surface area (Å²) in [5.74, 6) is 2.09. The molecular weight excluding hydrogens is 264 g/mol. The normalized spacial score (nSPS) is 9.95. The predicted molar refractivity (Wildman–Crippen MR) is 74.1 cm³/mol. The summed E-state index contributed by atoms with van der Waals surface area (Å²) >= 11 is 5.88. The van der Waals surface area contributed by atoms with Gasteiger partial charge in [0.1, 0.15) is 23.5 Å². The van der Waals surface area contributed by atoms with E-state index in [1.807, 2.05) is 12.1 Å². The van der Waals surface area contributed by atoms with Crippen molar-refractivity contribution in [3.8, 4) is 17.2 Å². The Morgan fingerprint density at radius 1 is 1.00 bits per heavy atom. The Labute approximate surface area is 116 Å². The highest BCUT2D eigenvalue weighted by atomic mass is 35.5. The summed E-state index contributed by atoms with van der Waals surface area (Å²) in [6.07, 6.45) is 1.22. The predicted octanol–water partition coefficient (Wildman–Crippen LogP) is 4.10. The molecule has 3 nitrogen and oxygen atoms in total. The maximum absolute atomic E-state index is 10.2. The smallest absolute Gasteiger partial charge is 0.128 e. The van der Waals surface area contributed by atoms with Crippen LogP contribution in [0.4, 0.5) is 0 Å². The van der Waals surface area contributed by atoms with Gasteiger partial charge < -0.3 is 14.3 Å². The number of carbonyl (C=O) groups excluding carboxylic acids is 1. The van der Waals surface area contributed by atoms with Crippen LogP contribution >= 0.6 is 11.6 Å². The first-order chi connectivity index (χ1) is 9.28. The Morgan fingerprint density at radius 2 is 1.74 bits per heavy atom. The second-order valence-corrected chi connectivity index (χ2v) is 4.27. The van der Waals surface area contributed by atoms with Crippen LogP contribution in [0, 0.1) is 0 Å². The van der Waals surface area contributed by atoms with Gasteiger partial charge in [-0.25, -0.2) is 0 Å². The Morgan fingerprint density at radius 3 is 2.42 bits per heavy atom. The number of rotatable bonds is 6. The minimum atomic E-state index is 0.387. The first-order valence-electron chi connectivity index (χ1n) is 5.88. The molecule has 4 heteroatoms. The molecule has 0 aliphatic rings. The quantitative estimate of drug-likeness (QED) is 0.588. The number of benzene rings is 2. The van der Waals surface area contributed by atoms with Crippen LogP contribution in [0.15, 0.2) is 48.5 Å². The van der Waals surface area contributed by atoms with Crippen LogP contribution < -0.4 is 9.47 Å². The van der Waals surface area contributed by atoms with Gasteiger partial charge in [0, 0.05) is 11.4 Å². The van der Waals surface area contributed by atoms with E-state index >= 15 is 0 Å². The Kier molecular flexibility index (Phi) is 4.81. The standard InChI is InChI=1S/C15H13ClO3/c16-12-3-1-4-15(11-12)19-14-7-5-13(6-8-14)18-10-2-9-17/h1,3-9,11H,2,10H2. The van der Waals surface area contributed by atoms with Gasteiger partial charge in [-0.05, 0) is 42.5 Å². The zero-order chi connectivity index (χ0) is 13.5. The molecule has 19 heavy (non-hydrogen) atoms. The molecule has 0 bridgehead atoms. The van der Waals surface area contributed by atoms with Crippen molar-refractivity contribution in [3.05, 3.63) is 53.6 Å². The van der Waals surface area contributed by atoms with Gasteiger partial charge in [0.15, 0.2) is 0 Å². The maximum Gasteiger partial charge on any atom is 0.128 e. The number of halogens is 1. The first-order valence-corrected chi connectivity index (χ1v) is 6.25. The minimum absolute atomic E-state index is 0.387. The molecule has 2 aromatic rings. The molecule has 0 radical (unpaired) electrons. The average Bonchev–Trinajstić information content (AvgIpc) is 2.41. The van der Waals surface area contributed by atoms with Crippen LogP contribution in [-0.2, 0) is 4.79 Å². The minimum Gasteiger partial charge on any atom is -0.493 e. The molecule has 0 atom stereocenters. The van der Waals surface area contributed by atoms with Gasteiger partial charge in [0.2, 0.25) is 0 Å². The fourth-order valence-electron chi connectivity index (χ4n) is 1.50. The third-order valence-electron chi connectivity index (χ3n) is 2.36. The molecule has 2 aromatic carbocycles. The zero-order valence-electron chi connectivity index (χ0n) is 10.2. The van der Waals surface area contributed by atoms with Crippen LogP contribution in [0.1, 0.15) is 6.42 Å². The average molecular weight is 277 g/mol. The Hall–Kier alpha value is -2.00. The van der Waals surface area contributed by atoms with E-state index in [1.54, 1.807) is 36.4 Å². The second kappa shape index (κ2) is 6.81. The van der Waals surface area contributed by atoms with Crippen molar-refractivity contribution >= 4 is 17.9 Å². The molecule has 0 fully saturated rings. The molecule has 0 heterocycles. The number of aldehydes is 1. The van der Waals surface area contributed by atoms with E-state index in [1.165, 1.54) is 0 Å². The molecule has 2 rings (SSSR count). The lowest BCUT2D eigenvalue weighted by Crippen LogP contribution is -1.97. The highest BCUT2D eigenvalue weighted by Crippen LogP contribution is 2.25. The lowest BCUT2D eigenvalue weighted by molar-refractivity contribution is -0.108. The number of hydrogen-bond donors (Lipinski definition) is 0. The molecule has 0 saturated carbocycles. The molecule has 0 aliphatic carbocycles. The second-order valence-electron chi connectivity index (χ2n) is 3.83. The van der Waals surface area contributed by atoms with E-state index in [9.17, 15) is 4.79 Å². The van der Waals surface area contributed by atoms with E-state index in [-0.39, 0.29) is 0 Å². The van der Waals surface area contributed by atoms with Crippen molar-refractivity contribution in [1.29, 1.82) is 0 Å². The summed E-state index contributed by atoms with van der Waals surface area (Å²) in [5, 5.41) is 0.631. The molecule has 0 N–H and O–H groups in total. The largest absolute Gasteiger partial charge is 0.493 e. The van der Waals surface area contributed by atoms with Crippen LogP contribution in [0.3, 0.4) is 0 Å². The van der Waals surface area contributed by atoms with Crippen LogP contribution in [0.25, 0.3) is 0 Å². The van der Waals surface area contributed by atoms with Gasteiger partial charge in [-0.15, -0.1) is 0 Å². The van der Waals surface area contributed by atoms with Gasteiger partial charge in [-0.2, -0.15) is 0 Å². The maximum atomic E-state index is 10.2. The molecule has 0 spiro atoms. The van der Waals surface area contributed by atoms with E-state index in [2.05, 4.69) is 0 Å². The monoisotopic (exact) mass is 276 g/mol. The summed E-state index contributed by atoms with van der Waals surface area (Å²) in [5.41, 5.74) is 0. The van der Waals surface area contributed by atoms with E-state index < -0.39 is 0 Å². The SMILES string of the molecule is O=CCCOc1ccc(Oc2cccc(Cl)c2)cc1. The van der Waals surface area contributed by atoms with Gasteiger partial charge in [0.25, 0.3) is 0 Å². The van der Waals surface area contributed by atoms with Crippen LogP contribution in [0.5, 0.6) is 17.2 Å².